The second kappa shape index (κ2) is 5.39. The van der Waals surface area contributed by atoms with E-state index in [-0.39, 0.29) is 6.79 Å². The van der Waals surface area contributed by atoms with Crippen molar-refractivity contribution in [3.05, 3.63) is 48.5 Å². The van der Waals surface area contributed by atoms with Gasteiger partial charge in [-0.3, -0.25) is 0 Å². The Morgan fingerprint density at radius 3 is 2.39 bits per heavy atom. The zero-order valence-corrected chi connectivity index (χ0v) is 13.0. The van der Waals surface area contributed by atoms with E-state index in [1.54, 1.807) is 14.2 Å². The first-order chi connectivity index (χ1) is 11.3. The highest BCUT2D eigenvalue weighted by Gasteiger charge is 2.24. The molecule has 1 aliphatic heterocycles. The fourth-order valence-corrected chi connectivity index (χ4v) is 2.96. The molecule has 0 atom stereocenters. The molecule has 0 radical (unpaired) electrons. The standard InChI is InChI=1S/C19H16O4/c1-20-14-8-6-12(7-9-14)15-5-3-4-13-10-16(21-2)18-19(17(13)15)23-11-22-18/h3-10H,11H2,1-2H3. The fraction of sp³-hybridized carbons (Fsp3) is 0.158. The van der Waals surface area contributed by atoms with Crippen molar-refractivity contribution in [1.82, 2.24) is 0 Å². The summed E-state index contributed by atoms with van der Waals surface area (Å²) in [4.78, 5) is 0. The van der Waals surface area contributed by atoms with E-state index in [0.717, 1.165) is 33.4 Å². The maximum absolute atomic E-state index is 5.73. The molecule has 3 aromatic carbocycles. The maximum Gasteiger partial charge on any atom is 0.231 e. The summed E-state index contributed by atoms with van der Waals surface area (Å²) in [5.41, 5.74) is 2.19. The van der Waals surface area contributed by atoms with Crippen LogP contribution in [0.1, 0.15) is 0 Å². The topological polar surface area (TPSA) is 36.9 Å². The summed E-state index contributed by atoms with van der Waals surface area (Å²) in [5.74, 6) is 2.93. The second-order valence-corrected chi connectivity index (χ2v) is 5.28. The van der Waals surface area contributed by atoms with Crippen LogP contribution in [0.3, 0.4) is 0 Å². The Kier molecular flexibility index (Phi) is 3.23. The monoisotopic (exact) mass is 308 g/mol. The maximum atomic E-state index is 5.73. The van der Waals surface area contributed by atoms with Crippen LogP contribution in [-0.2, 0) is 0 Å². The van der Waals surface area contributed by atoms with E-state index in [1.165, 1.54) is 0 Å². The van der Waals surface area contributed by atoms with Crippen LogP contribution >= 0.6 is 0 Å². The molecule has 0 amide bonds. The van der Waals surface area contributed by atoms with Gasteiger partial charge in [-0.15, -0.1) is 0 Å². The van der Waals surface area contributed by atoms with Crippen molar-refractivity contribution in [3.63, 3.8) is 0 Å². The second-order valence-electron chi connectivity index (χ2n) is 5.28. The Morgan fingerprint density at radius 1 is 0.870 bits per heavy atom. The smallest absolute Gasteiger partial charge is 0.231 e. The van der Waals surface area contributed by atoms with E-state index < -0.39 is 0 Å². The fourth-order valence-electron chi connectivity index (χ4n) is 2.96. The van der Waals surface area contributed by atoms with Crippen LogP contribution in [0, 0.1) is 0 Å². The van der Waals surface area contributed by atoms with Gasteiger partial charge in [-0.25, -0.2) is 0 Å². The van der Waals surface area contributed by atoms with Crippen LogP contribution in [-0.4, -0.2) is 21.0 Å². The molecule has 0 N–H and O–H groups in total. The number of methoxy groups -OCH3 is 2. The van der Waals surface area contributed by atoms with Gasteiger partial charge in [-0.05, 0) is 34.7 Å². The van der Waals surface area contributed by atoms with Crippen LogP contribution in [0.25, 0.3) is 21.9 Å². The van der Waals surface area contributed by atoms with Gasteiger partial charge >= 0.3 is 0 Å². The lowest BCUT2D eigenvalue weighted by Crippen LogP contribution is -1.94. The van der Waals surface area contributed by atoms with Gasteiger partial charge in [0.25, 0.3) is 0 Å². The Labute approximate surface area is 134 Å². The molecule has 4 rings (SSSR count). The van der Waals surface area contributed by atoms with Crippen LogP contribution in [0.5, 0.6) is 23.0 Å². The first-order valence-electron chi connectivity index (χ1n) is 7.35. The van der Waals surface area contributed by atoms with Gasteiger partial charge in [0.1, 0.15) is 5.75 Å². The summed E-state index contributed by atoms with van der Waals surface area (Å²) in [6.07, 6.45) is 0. The molecule has 23 heavy (non-hydrogen) atoms. The van der Waals surface area contributed by atoms with E-state index in [4.69, 9.17) is 18.9 Å². The molecule has 0 aromatic heterocycles. The third kappa shape index (κ3) is 2.14. The van der Waals surface area contributed by atoms with Crippen LogP contribution in [0.15, 0.2) is 48.5 Å². The quantitative estimate of drug-likeness (QED) is 0.725. The van der Waals surface area contributed by atoms with Crippen molar-refractivity contribution < 1.29 is 18.9 Å². The summed E-state index contributed by atoms with van der Waals surface area (Å²) < 4.78 is 22.0. The number of benzene rings is 3. The lowest BCUT2D eigenvalue weighted by Gasteiger charge is -2.12. The predicted octanol–water partition coefficient (Wildman–Crippen LogP) is 4.25. The Balaban J connectivity index is 1.98. The third-order valence-corrected chi connectivity index (χ3v) is 4.07. The van der Waals surface area contributed by atoms with Crippen molar-refractivity contribution in [2.24, 2.45) is 0 Å². The lowest BCUT2D eigenvalue weighted by molar-refractivity contribution is 0.172. The largest absolute Gasteiger partial charge is 0.497 e. The Hall–Kier alpha value is -2.88. The van der Waals surface area contributed by atoms with Crippen molar-refractivity contribution in [1.29, 1.82) is 0 Å². The highest BCUT2D eigenvalue weighted by molar-refractivity contribution is 6.04. The van der Waals surface area contributed by atoms with Gasteiger partial charge in [0.05, 0.1) is 14.2 Å². The molecular weight excluding hydrogens is 292 g/mol. The van der Waals surface area contributed by atoms with Gasteiger partial charge in [0.15, 0.2) is 11.5 Å². The molecule has 0 saturated carbocycles. The van der Waals surface area contributed by atoms with E-state index in [0.29, 0.717) is 11.5 Å². The molecule has 116 valence electrons. The van der Waals surface area contributed by atoms with Gasteiger partial charge in [0.2, 0.25) is 12.5 Å². The van der Waals surface area contributed by atoms with E-state index in [1.807, 2.05) is 42.5 Å². The SMILES string of the molecule is COc1ccc(-c2cccc3cc(OC)c4c(c23)OCO4)cc1. The zero-order chi connectivity index (χ0) is 15.8. The summed E-state index contributed by atoms with van der Waals surface area (Å²) in [5, 5.41) is 2.09. The third-order valence-electron chi connectivity index (χ3n) is 4.07. The van der Waals surface area contributed by atoms with Crippen LogP contribution < -0.4 is 18.9 Å². The Bertz CT molecular complexity index is 869. The molecule has 0 unspecified atom stereocenters. The lowest BCUT2D eigenvalue weighted by atomic mass is 9.97. The number of rotatable bonds is 3. The molecule has 4 nitrogen and oxygen atoms in total. The van der Waals surface area contributed by atoms with Gasteiger partial charge in [0, 0.05) is 5.39 Å². The molecule has 4 heteroatoms. The van der Waals surface area contributed by atoms with Gasteiger partial charge in [-0.2, -0.15) is 0 Å². The summed E-state index contributed by atoms with van der Waals surface area (Å²) in [6.45, 7) is 0.210. The minimum atomic E-state index is 0.210. The van der Waals surface area contributed by atoms with Crippen molar-refractivity contribution in [3.8, 4) is 34.1 Å². The van der Waals surface area contributed by atoms with E-state index in [9.17, 15) is 0 Å². The molecule has 0 bridgehead atoms. The molecular formula is C19H16O4. The first-order valence-corrected chi connectivity index (χ1v) is 7.35. The highest BCUT2D eigenvalue weighted by Crippen LogP contribution is 2.49. The van der Waals surface area contributed by atoms with E-state index >= 15 is 0 Å². The average Bonchev–Trinajstić information content (AvgIpc) is 3.10. The molecule has 0 spiro atoms. The molecule has 1 heterocycles. The number of fused-ring (bicyclic) bond motifs is 3. The van der Waals surface area contributed by atoms with Crippen molar-refractivity contribution in [2.45, 2.75) is 0 Å². The summed E-state index contributed by atoms with van der Waals surface area (Å²) in [6, 6.07) is 16.1. The molecule has 3 aromatic rings. The number of hydrogen-bond acceptors (Lipinski definition) is 4. The van der Waals surface area contributed by atoms with Crippen LogP contribution in [0.2, 0.25) is 0 Å². The minimum Gasteiger partial charge on any atom is -0.497 e. The first kappa shape index (κ1) is 13.8. The summed E-state index contributed by atoms with van der Waals surface area (Å²) in [7, 11) is 3.30. The average molecular weight is 308 g/mol. The number of hydrogen-bond donors (Lipinski definition) is 0. The van der Waals surface area contributed by atoms with E-state index in [2.05, 4.69) is 6.07 Å². The molecule has 0 fully saturated rings. The number of ether oxygens (including phenoxy) is 4. The van der Waals surface area contributed by atoms with Crippen molar-refractivity contribution in [2.75, 3.05) is 21.0 Å². The van der Waals surface area contributed by atoms with Gasteiger partial charge < -0.3 is 18.9 Å². The zero-order valence-electron chi connectivity index (χ0n) is 13.0. The normalized spacial score (nSPS) is 12.4. The summed E-state index contributed by atoms with van der Waals surface area (Å²) >= 11 is 0. The highest BCUT2D eigenvalue weighted by atomic mass is 16.7. The molecule has 0 aliphatic carbocycles. The van der Waals surface area contributed by atoms with Gasteiger partial charge in [-0.1, -0.05) is 30.3 Å². The minimum absolute atomic E-state index is 0.210. The predicted molar refractivity (Wildman–Crippen MR) is 88.6 cm³/mol. The van der Waals surface area contributed by atoms with Crippen LogP contribution in [0.4, 0.5) is 0 Å². The molecule has 0 saturated heterocycles. The van der Waals surface area contributed by atoms with Crippen molar-refractivity contribution >= 4 is 10.8 Å². The Morgan fingerprint density at radius 2 is 1.65 bits per heavy atom. The molecule has 1 aliphatic rings.